The van der Waals surface area contributed by atoms with Gasteiger partial charge in [0.05, 0.1) is 11.5 Å². The summed E-state index contributed by atoms with van der Waals surface area (Å²) in [5.74, 6) is 1.12. The van der Waals surface area contributed by atoms with E-state index >= 15 is 0 Å². The van der Waals surface area contributed by atoms with Gasteiger partial charge in [0, 0.05) is 0 Å². The Hall–Kier alpha value is -1.07. The van der Waals surface area contributed by atoms with Crippen LogP contribution in [-0.4, -0.2) is 15.0 Å². The minimum Gasteiger partial charge on any atom is -0.493 e. The van der Waals surface area contributed by atoms with Crippen molar-refractivity contribution in [2.24, 2.45) is 11.1 Å². The predicted octanol–water partition coefficient (Wildman–Crippen LogP) is 1.68. The zero-order valence-electron chi connectivity index (χ0n) is 9.73. The molecule has 0 radical (unpaired) electrons. The van der Waals surface area contributed by atoms with E-state index in [-0.39, 0.29) is 4.90 Å². The summed E-state index contributed by atoms with van der Waals surface area (Å²) in [7, 11) is -3.63. The van der Waals surface area contributed by atoms with Gasteiger partial charge in [-0.2, -0.15) is 0 Å². The summed E-state index contributed by atoms with van der Waals surface area (Å²) in [5.41, 5.74) is 0.771. The molecule has 0 aliphatic heterocycles. The molecule has 0 saturated heterocycles. The number of hydrogen-bond acceptors (Lipinski definition) is 3. The molecule has 2 N–H and O–H groups in total. The highest BCUT2D eigenvalue weighted by atomic mass is 32.2. The van der Waals surface area contributed by atoms with Gasteiger partial charge in [0.2, 0.25) is 10.0 Å². The van der Waals surface area contributed by atoms with Gasteiger partial charge in [-0.3, -0.25) is 0 Å². The first-order valence-corrected chi connectivity index (χ1v) is 6.61. The van der Waals surface area contributed by atoms with Crippen LogP contribution in [0.3, 0.4) is 0 Å². The highest BCUT2D eigenvalue weighted by Crippen LogP contribution is 2.21. The van der Waals surface area contributed by atoms with E-state index < -0.39 is 10.0 Å². The number of ether oxygens (including phenoxy) is 1. The minimum atomic E-state index is -3.63. The topological polar surface area (TPSA) is 69.4 Å². The summed E-state index contributed by atoms with van der Waals surface area (Å²) in [6, 6.07) is 4.61. The smallest absolute Gasteiger partial charge is 0.238 e. The number of benzene rings is 1. The molecule has 0 atom stereocenters. The van der Waals surface area contributed by atoms with Crippen molar-refractivity contribution in [1.29, 1.82) is 0 Å². The largest absolute Gasteiger partial charge is 0.493 e. The third kappa shape index (κ3) is 3.50. The van der Waals surface area contributed by atoms with Gasteiger partial charge in [-0.1, -0.05) is 13.8 Å². The Balaban J connectivity index is 2.92. The lowest BCUT2D eigenvalue weighted by Gasteiger charge is -2.11. The molecule has 1 aromatic carbocycles. The van der Waals surface area contributed by atoms with E-state index in [1.54, 1.807) is 13.0 Å². The molecule has 0 fully saturated rings. The average Bonchev–Trinajstić information content (AvgIpc) is 2.14. The molecule has 1 aromatic rings. The van der Waals surface area contributed by atoms with Gasteiger partial charge in [-0.15, -0.1) is 0 Å². The third-order valence-electron chi connectivity index (χ3n) is 2.05. The molecular formula is C11H17NO3S. The van der Waals surface area contributed by atoms with Crippen molar-refractivity contribution in [3.8, 4) is 5.75 Å². The fourth-order valence-corrected chi connectivity index (χ4v) is 1.82. The molecule has 5 heteroatoms. The van der Waals surface area contributed by atoms with Gasteiger partial charge in [0.25, 0.3) is 0 Å². The maximum atomic E-state index is 11.1. The molecule has 0 amide bonds. The van der Waals surface area contributed by atoms with E-state index in [0.717, 1.165) is 5.56 Å². The molecule has 0 aromatic heterocycles. The molecule has 1 rings (SSSR count). The maximum absolute atomic E-state index is 11.1. The Morgan fingerprint density at radius 1 is 1.38 bits per heavy atom. The SMILES string of the molecule is Cc1cc(S(N)(=O)=O)ccc1OCC(C)C. The lowest BCUT2D eigenvalue weighted by Crippen LogP contribution is -2.12. The zero-order valence-corrected chi connectivity index (χ0v) is 10.5. The lowest BCUT2D eigenvalue weighted by molar-refractivity contribution is 0.269. The first-order chi connectivity index (χ1) is 7.30. The summed E-state index contributed by atoms with van der Waals surface area (Å²) >= 11 is 0. The Bertz CT molecular complexity index is 466. The number of rotatable bonds is 4. The second kappa shape index (κ2) is 4.84. The molecule has 0 bridgehead atoms. The van der Waals surface area contributed by atoms with Crippen LogP contribution in [0.5, 0.6) is 5.75 Å². The van der Waals surface area contributed by atoms with Gasteiger partial charge in [0.1, 0.15) is 5.75 Å². The summed E-state index contributed by atoms with van der Waals surface area (Å²) < 4.78 is 27.7. The number of aryl methyl sites for hydroxylation is 1. The van der Waals surface area contributed by atoms with E-state index in [1.807, 2.05) is 13.8 Å². The minimum absolute atomic E-state index is 0.113. The number of primary sulfonamides is 1. The van der Waals surface area contributed by atoms with Crippen molar-refractivity contribution in [2.75, 3.05) is 6.61 Å². The molecule has 0 heterocycles. The van der Waals surface area contributed by atoms with Crippen LogP contribution in [0.25, 0.3) is 0 Å². The molecular weight excluding hydrogens is 226 g/mol. The zero-order chi connectivity index (χ0) is 12.3. The van der Waals surface area contributed by atoms with Crippen molar-refractivity contribution in [2.45, 2.75) is 25.7 Å². The number of hydrogen-bond donors (Lipinski definition) is 1. The van der Waals surface area contributed by atoms with E-state index in [2.05, 4.69) is 0 Å². The van der Waals surface area contributed by atoms with Crippen LogP contribution < -0.4 is 9.88 Å². The standard InChI is InChI=1S/C11H17NO3S/c1-8(2)7-15-11-5-4-10(6-9(11)3)16(12,13)14/h4-6,8H,7H2,1-3H3,(H2,12,13,14). The molecule has 0 saturated carbocycles. The first-order valence-electron chi connectivity index (χ1n) is 5.07. The van der Waals surface area contributed by atoms with Crippen LogP contribution in [0.15, 0.2) is 23.1 Å². The molecule has 16 heavy (non-hydrogen) atoms. The molecule has 0 unspecified atom stereocenters. The molecule has 90 valence electrons. The maximum Gasteiger partial charge on any atom is 0.238 e. The quantitative estimate of drug-likeness (QED) is 0.874. The van der Waals surface area contributed by atoms with Crippen LogP contribution in [-0.2, 0) is 10.0 Å². The predicted molar refractivity (Wildman–Crippen MR) is 62.9 cm³/mol. The van der Waals surface area contributed by atoms with Gasteiger partial charge >= 0.3 is 0 Å². The second-order valence-corrected chi connectivity index (χ2v) is 5.74. The fraction of sp³-hybridized carbons (Fsp3) is 0.455. The first kappa shape index (κ1) is 13.0. The van der Waals surface area contributed by atoms with Crippen molar-refractivity contribution < 1.29 is 13.2 Å². The Morgan fingerprint density at radius 2 is 2.00 bits per heavy atom. The summed E-state index contributed by atoms with van der Waals surface area (Å²) in [6.07, 6.45) is 0. The van der Waals surface area contributed by atoms with Crippen LogP contribution >= 0.6 is 0 Å². The van der Waals surface area contributed by atoms with E-state index in [9.17, 15) is 8.42 Å². The Morgan fingerprint density at radius 3 is 2.44 bits per heavy atom. The highest BCUT2D eigenvalue weighted by Gasteiger charge is 2.10. The van der Waals surface area contributed by atoms with Crippen molar-refractivity contribution in [1.82, 2.24) is 0 Å². The highest BCUT2D eigenvalue weighted by molar-refractivity contribution is 7.89. The van der Waals surface area contributed by atoms with Gasteiger partial charge in [-0.25, -0.2) is 13.6 Å². The third-order valence-corrected chi connectivity index (χ3v) is 2.96. The van der Waals surface area contributed by atoms with E-state index in [0.29, 0.717) is 18.3 Å². The fourth-order valence-electron chi connectivity index (χ4n) is 1.22. The van der Waals surface area contributed by atoms with Crippen LogP contribution in [0.2, 0.25) is 0 Å². The van der Waals surface area contributed by atoms with Crippen molar-refractivity contribution >= 4 is 10.0 Å². The van der Waals surface area contributed by atoms with Gasteiger partial charge < -0.3 is 4.74 Å². The van der Waals surface area contributed by atoms with E-state index in [4.69, 9.17) is 9.88 Å². The van der Waals surface area contributed by atoms with E-state index in [1.165, 1.54) is 12.1 Å². The van der Waals surface area contributed by atoms with Crippen LogP contribution in [0, 0.1) is 12.8 Å². The van der Waals surface area contributed by atoms with Crippen molar-refractivity contribution in [3.63, 3.8) is 0 Å². The second-order valence-electron chi connectivity index (χ2n) is 4.18. The van der Waals surface area contributed by atoms with Gasteiger partial charge in [-0.05, 0) is 36.6 Å². The summed E-state index contributed by atoms with van der Waals surface area (Å²) in [6.45, 7) is 6.50. The van der Waals surface area contributed by atoms with Gasteiger partial charge in [0.15, 0.2) is 0 Å². The van der Waals surface area contributed by atoms with Crippen LogP contribution in [0.1, 0.15) is 19.4 Å². The number of sulfonamides is 1. The monoisotopic (exact) mass is 243 g/mol. The molecule has 4 nitrogen and oxygen atoms in total. The molecule has 0 aliphatic carbocycles. The number of nitrogens with two attached hydrogens (primary N) is 1. The van der Waals surface area contributed by atoms with Crippen molar-refractivity contribution in [3.05, 3.63) is 23.8 Å². The lowest BCUT2D eigenvalue weighted by atomic mass is 10.2. The van der Waals surface area contributed by atoms with Crippen LogP contribution in [0.4, 0.5) is 0 Å². The summed E-state index contributed by atoms with van der Waals surface area (Å²) in [5, 5.41) is 5.03. The molecule has 0 spiro atoms. The average molecular weight is 243 g/mol. The normalized spacial score (nSPS) is 11.8. The Labute approximate surface area is 96.5 Å². The Kier molecular flexibility index (Phi) is 3.93. The summed E-state index contributed by atoms with van der Waals surface area (Å²) in [4.78, 5) is 0.113. The molecule has 0 aliphatic rings.